The Kier molecular flexibility index (Phi) is 4.71. The highest BCUT2D eigenvalue weighted by Gasteiger charge is 2.61. The second kappa shape index (κ2) is 5.88. The maximum absolute atomic E-state index is 13.4. The molecule has 0 amide bonds. The summed E-state index contributed by atoms with van der Waals surface area (Å²) in [6.07, 6.45) is -11.1. The first kappa shape index (κ1) is 18.4. The van der Waals surface area contributed by atoms with Crippen LogP contribution in [0.3, 0.4) is 0 Å². The minimum Gasteiger partial charge on any atom is -0.192 e. The first-order chi connectivity index (χ1) is 10.3. The van der Waals surface area contributed by atoms with E-state index in [0.29, 0.717) is 12.1 Å². The van der Waals surface area contributed by atoms with Crippen LogP contribution in [0.15, 0.2) is 23.8 Å². The molecule has 0 radical (unpaired) electrons. The van der Waals surface area contributed by atoms with Gasteiger partial charge in [-0.05, 0) is 23.8 Å². The molecular weight excluding hydrogens is 336 g/mol. The molecule has 0 saturated carbocycles. The fraction of sp³-hybridized carbons (Fsp3) is 0.231. The van der Waals surface area contributed by atoms with E-state index >= 15 is 0 Å². The number of nitriles is 2. The molecule has 0 aromatic heterocycles. The molecule has 10 heteroatoms. The van der Waals surface area contributed by atoms with Crippen LogP contribution in [0.2, 0.25) is 0 Å². The zero-order chi connectivity index (χ0) is 18.1. The highest BCUT2D eigenvalue weighted by molar-refractivity contribution is 5.63. The summed E-state index contributed by atoms with van der Waals surface area (Å²) in [5.74, 6) is -5.76. The van der Waals surface area contributed by atoms with Gasteiger partial charge >= 0.3 is 18.3 Å². The predicted octanol–water partition coefficient (Wildman–Crippen LogP) is 4.79. The largest absolute Gasteiger partial charge is 0.458 e. The highest BCUT2D eigenvalue weighted by atomic mass is 19.4. The Morgan fingerprint density at radius 2 is 1.39 bits per heavy atom. The second-order valence-corrected chi connectivity index (χ2v) is 4.16. The number of halogens is 8. The minimum absolute atomic E-state index is 0.0349. The molecule has 0 aliphatic rings. The summed E-state index contributed by atoms with van der Waals surface area (Å²) < 4.78 is 102. The molecule has 0 spiro atoms. The Morgan fingerprint density at radius 3 is 1.78 bits per heavy atom. The number of nitrogens with zero attached hydrogens (tertiary/aromatic N) is 2. The van der Waals surface area contributed by atoms with Crippen molar-refractivity contribution < 1.29 is 35.1 Å². The molecule has 23 heavy (non-hydrogen) atoms. The fourth-order valence-corrected chi connectivity index (χ4v) is 1.57. The van der Waals surface area contributed by atoms with Gasteiger partial charge in [-0.3, -0.25) is 0 Å². The van der Waals surface area contributed by atoms with E-state index in [-0.39, 0.29) is 12.1 Å². The monoisotopic (exact) mass is 340 g/mol. The van der Waals surface area contributed by atoms with E-state index in [2.05, 4.69) is 0 Å². The quantitative estimate of drug-likeness (QED) is 0.574. The van der Waals surface area contributed by atoms with Crippen LogP contribution in [0.5, 0.6) is 0 Å². The molecule has 1 aromatic rings. The third kappa shape index (κ3) is 3.77. The molecule has 0 N–H and O–H groups in total. The molecule has 122 valence electrons. The molecule has 0 saturated heterocycles. The first-order valence-corrected chi connectivity index (χ1v) is 5.52. The summed E-state index contributed by atoms with van der Waals surface area (Å²) >= 11 is 0. The lowest BCUT2D eigenvalue weighted by Gasteiger charge is -2.23. The molecular formula is C13H4F8N2. The van der Waals surface area contributed by atoms with Gasteiger partial charge < -0.3 is 0 Å². The summed E-state index contributed by atoms with van der Waals surface area (Å²) in [4.78, 5) is 0. The Morgan fingerprint density at radius 1 is 0.870 bits per heavy atom. The first-order valence-electron chi connectivity index (χ1n) is 5.52. The van der Waals surface area contributed by atoms with Crippen molar-refractivity contribution in [3.63, 3.8) is 0 Å². The smallest absolute Gasteiger partial charge is 0.192 e. The van der Waals surface area contributed by atoms with Gasteiger partial charge in [0.25, 0.3) is 0 Å². The Bertz CT molecular complexity index is 697. The van der Waals surface area contributed by atoms with Crippen LogP contribution in [-0.4, -0.2) is 6.18 Å². The second-order valence-electron chi connectivity index (χ2n) is 4.16. The maximum atomic E-state index is 13.4. The van der Waals surface area contributed by atoms with Crippen molar-refractivity contribution in [2.75, 3.05) is 0 Å². The topological polar surface area (TPSA) is 47.6 Å². The van der Waals surface area contributed by atoms with Crippen molar-refractivity contribution in [3.8, 4) is 12.1 Å². The van der Waals surface area contributed by atoms with Crippen molar-refractivity contribution >= 4 is 6.08 Å². The van der Waals surface area contributed by atoms with Gasteiger partial charge in [-0.25, -0.2) is 0 Å². The molecule has 0 bridgehead atoms. The van der Waals surface area contributed by atoms with E-state index < -0.39 is 40.5 Å². The van der Waals surface area contributed by atoms with Crippen LogP contribution in [0.4, 0.5) is 35.1 Å². The van der Waals surface area contributed by atoms with Gasteiger partial charge in [0.05, 0.1) is 5.56 Å². The van der Waals surface area contributed by atoms with Crippen molar-refractivity contribution in [2.24, 2.45) is 0 Å². The van der Waals surface area contributed by atoms with E-state index in [9.17, 15) is 35.1 Å². The third-order valence-corrected chi connectivity index (χ3v) is 2.60. The number of allylic oxidation sites excluding steroid dienone is 1. The number of alkyl halides is 8. The molecule has 0 atom stereocenters. The number of hydrogen-bond donors (Lipinski definition) is 0. The number of rotatable bonds is 2. The Balaban J connectivity index is 3.68. The van der Waals surface area contributed by atoms with Gasteiger partial charge in [-0.2, -0.15) is 45.6 Å². The van der Waals surface area contributed by atoms with Crippen LogP contribution >= 0.6 is 0 Å². The average molecular weight is 340 g/mol. The molecule has 0 heterocycles. The van der Waals surface area contributed by atoms with Crippen LogP contribution < -0.4 is 0 Å². The van der Waals surface area contributed by atoms with Gasteiger partial charge in [-0.1, -0.05) is 6.07 Å². The lowest BCUT2D eigenvalue weighted by atomic mass is 9.97. The highest BCUT2D eigenvalue weighted by Crippen LogP contribution is 2.48. The van der Waals surface area contributed by atoms with Gasteiger partial charge in [0.15, 0.2) is 0 Å². The Labute approximate surface area is 123 Å². The zero-order valence-electron chi connectivity index (χ0n) is 10.7. The van der Waals surface area contributed by atoms with Gasteiger partial charge in [-0.15, -0.1) is 0 Å². The molecule has 1 aromatic carbocycles. The van der Waals surface area contributed by atoms with Gasteiger partial charge in [0, 0.05) is 5.56 Å². The summed E-state index contributed by atoms with van der Waals surface area (Å²) in [5.41, 5.74) is -5.71. The normalized spacial score (nSPS) is 12.3. The Hall–Kier alpha value is -2.62. The van der Waals surface area contributed by atoms with E-state index in [4.69, 9.17) is 10.5 Å². The minimum atomic E-state index is -6.25. The summed E-state index contributed by atoms with van der Waals surface area (Å²) in [6, 6.07) is 3.16. The number of hydrogen-bond acceptors (Lipinski definition) is 2. The lowest BCUT2D eigenvalue weighted by Crippen LogP contribution is -2.35. The molecule has 2 nitrogen and oxygen atoms in total. The van der Waals surface area contributed by atoms with E-state index in [0.717, 1.165) is 0 Å². The average Bonchev–Trinajstić information content (AvgIpc) is 2.42. The third-order valence-electron chi connectivity index (χ3n) is 2.60. The van der Waals surface area contributed by atoms with E-state index in [1.54, 1.807) is 0 Å². The van der Waals surface area contributed by atoms with Crippen molar-refractivity contribution in [3.05, 3.63) is 40.5 Å². The molecule has 0 unspecified atom stereocenters. The van der Waals surface area contributed by atoms with Crippen molar-refractivity contribution in [1.29, 1.82) is 10.5 Å². The summed E-state index contributed by atoms with van der Waals surface area (Å²) in [5, 5.41) is 17.0. The van der Waals surface area contributed by atoms with Crippen LogP contribution in [-0.2, 0) is 12.1 Å². The van der Waals surface area contributed by atoms with E-state index in [1.165, 1.54) is 12.1 Å². The van der Waals surface area contributed by atoms with E-state index in [1.807, 2.05) is 0 Å². The van der Waals surface area contributed by atoms with Gasteiger partial charge in [0.1, 0.15) is 17.7 Å². The van der Waals surface area contributed by atoms with Crippen molar-refractivity contribution in [1.82, 2.24) is 0 Å². The fourth-order valence-electron chi connectivity index (χ4n) is 1.57. The molecule has 1 rings (SSSR count). The maximum Gasteiger partial charge on any atom is 0.458 e. The molecule has 0 aliphatic carbocycles. The number of benzene rings is 1. The van der Waals surface area contributed by atoms with Crippen LogP contribution in [0, 0.1) is 22.7 Å². The van der Waals surface area contributed by atoms with Crippen LogP contribution in [0.1, 0.15) is 16.7 Å². The summed E-state index contributed by atoms with van der Waals surface area (Å²) in [6.45, 7) is 0. The molecule has 0 aliphatic heterocycles. The molecule has 0 fully saturated rings. The SMILES string of the molecule is N#CC(C#N)=Cc1ccc(C(F)(F)F)c(C(F)(F)C(F)(F)F)c1. The lowest BCUT2D eigenvalue weighted by molar-refractivity contribution is -0.291. The van der Waals surface area contributed by atoms with Crippen molar-refractivity contribution in [2.45, 2.75) is 18.3 Å². The van der Waals surface area contributed by atoms with Crippen LogP contribution in [0.25, 0.3) is 6.08 Å². The standard InChI is InChI=1S/C13H4F8N2/c14-11(15,13(19,20)21)10-4-7(3-8(5-22)6-23)1-2-9(10)12(16,17)18/h1-4H. The van der Waals surface area contributed by atoms with Gasteiger partial charge in [0.2, 0.25) is 0 Å². The zero-order valence-corrected chi connectivity index (χ0v) is 10.7. The predicted molar refractivity (Wildman–Crippen MR) is 60.6 cm³/mol. The summed E-state index contributed by atoms with van der Waals surface area (Å²) in [7, 11) is 0.